The van der Waals surface area contributed by atoms with Crippen LogP contribution in [0.1, 0.15) is 18.4 Å². The van der Waals surface area contributed by atoms with Crippen LogP contribution in [-0.4, -0.2) is 23.8 Å². The first-order chi connectivity index (χ1) is 7.65. The van der Waals surface area contributed by atoms with Crippen molar-refractivity contribution in [2.75, 3.05) is 13.2 Å². The summed E-state index contributed by atoms with van der Waals surface area (Å²) in [7, 11) is 0. The van der Waals surface area contributed by atoms with Crippen LogP contribution in [0.5, 0.6) is 0 Å². The normalized spacial score (nSPS) is 24.9. The van der Waals surface area contributed by atoms with Crippen molar-refractivity contribution < 1.29 is 9.50 Å². The number of hydrogen-bond donors (Lipinski definition) is 2. The highest BCUT2D eigenvalue weighted by atomic mass is 79.9. The molecule has 0 radical (unpaired) electrons. The summed E-state index contributed by atoms with van der Waals surface area (Å²) in [5.74, 6) is -0.249. The zero-order chi connectivity index (χ0) is 11.6. The Kier molecular flexibility index (Phi) is 3.62. The predicted octanol–water partition coefficient (Wildman–Crippen LogP) is 2.25. The van der Waals surface area contributed by atoms with Crippen LogP contribution >= 0.6 is 15.9 Å². The molecule has 2 N–H and O–H groups in total. The lowest BCUT2D eigenvalue weighted by Crippen LogP contribution is -2.45. The first-order valence-corrected chi connectivity index (χ1v) is 6.24. The van der Waals surface area contributed by atoms with Gasteiger partial charge in [0.25, 0.3) is 0 Å². The maximum atomic E-state index is 13.1. The highest BCUT2D eigenvalue weighted by molar-refractivity contribution is 9.10. The van der Waals surface area contributed by atoms with Crippen molar-refractivity contribution in [3.63, 3.8) is 0 Å². The summed E-state index contributed by atoms with van der Waals surface area (Å²) in [4.78, 5) is 0. The van der Waals surface area contributed by atoms with E-state index in [1.807, 2.05) is 0 Å². The Morgan fingerprint density at radius 3 is 2.88 bits per heavy atom. The van der Waals surface area contributed by atoms with Crippen LogP contribution in [0.3, 0.4) is 0 Å². The van der Waals surface area contributed by atoms with Gasteiger partial charge >= 0.3 is 0 Å². The molecule has 0 saturated carbocycles. The van der Waals surface area contributed by atoms with E-state index in [1.165, 1.54) is 6.07 Å². The minimum atomic E-state index is -0.249. The molecule has 1 fully saturated rings. The van der Waals surface area contributed by atoms with Crippen molar-refractivity contribution >= 4 is 15.9 Å². The van der Waals surface area contributed by atoms with Gasteiger partial charge in [0.15, 0.2) is 0 Å². The molecule has 88 valence electrons. The third-order valence-electron chi connectivity index (χ3n) is 3.16. The molecular weight excluding hydrogens is 273 g/mol. The first kappa shape index (κ1) is 12.0. The second kappa shape index (κ2) is 4.82. The number of aliphatic hydroxyl groups excluding tert-OH is 1. The molecule has 0 aromatic heterocycles. The van der Waals surface area contributed by atoms with Gasteiger partial charge in [-0.2, -0.15) is 0 Å². The van der Waals surface area contributed by atoms with E-state index >= 15 is 0 Å². The zero-order valence-corrected chi connectivity index (χ0v) is 10.6. The van der Waals surface area contributed by atoms with Crippen LogP contribution in [0.2, 0.25) is 0 Å². The SMILES string of the molecule is OCC1(Cc2ccc(F)c(Br)c2)CCCN1. The van der Waals surface area contributed by atoms with Crippen molar-refractivity contribution in [1.82, 2.24) is 5.32 Å². The minimum absolute atomic E-state index is 0.127. The third kappa shape index (κ3) is 2.44. The van der Waals surface area contributed by atoms with Crippen LogP contribution in [-0.2, 0) is 6.42 Å². The number of aliphatic hydroxyl groups is 1. The maximum absolute atomic E-state index is 13.1. The molecule has 1 atom stereocenters. The molecular formula is C12H15BrFNO. The fourth-order valence-corrected chi connectivity index (χ4v) is 2.68. The molecule has 1 aromatic rings. The maximum Gasteiger partial charge on any atom is 0.137 e. The standard InChI is InChI=1S/C12H15BrFNO/c13-10-6-9(2-3-11(10)14)7-12(8-16)4-1-5-15-12/h2-3,6,15-16H,1,4-5,7-8H2. The van der Waals surface area contributed by atoms with Crippen molar-refractivity contribution in [2.45, 2.75) is 24.8 Å². The van der Waals surface area contributed by atoms with Gasteiger partial charge in [-0.1, -0.05) is 6.07 Å². The molecule has 0 aliphatic carbocycles. The quantitative estimate of drug-likeness (QED) is 0.894. The van der Waals surface area contributed by atoms with Gasteiger partial charge in [0.2, 0.25) is 0 Å². The molecule has 0 bridgehead atoms. The summed E-state index contributed by atoms with van der Waals surface area (Å²) in [6.45, 7) is 1.07. The summed E-state index contributed by atoms with van der Waals surface area (Å²) < 4.78 is 13.6. The topological polar surface area (TPSA) is 32.3 Å². The Bertz CT molecular complexity index is 377. The fourth-order valence-electron chi connectivity index (χ4n) is 2.25. The van der Waals surface area contributed by atoms with Crippen LogP contribution in [0, 0.1) is 5.82 Å². The van der Waals surface area contributed by atoms with E-state index in [1.54, 1.807) is 12.1 Å². The molecule has 0 amide bonds. The first-order valence-electron chi connectivity index (χ1n) is 5.45. The van der Waals surface area contributed by atoms with Gasteiger partial charge in [0.05, 0.1) is 11.1 Å². The third-order valence-corrected chi connectivity index (χ3v) is 3.77. The highest BCUT2D eigenvalue weighted by Crippen LogP contribution is 2.25. The smallest absolute Gasteiger partial charge is 0.137 e. The van der Waals surface area contributed by atoms with Gasteiger partial charge < -0.3 is 10.4 Å². The second-order valence-electron chi connectivity index (χ2n) is 4.39. The Labute approximate surface area is 103 Å². The number of nitrogens with one attached hydrogen (secondary N) is 1. The molecule has 1 aromatic carbocycles. The van der Waals surface area contributed by atoms with E-state index in [0.29, 0.717) is 4.47 Å². The summed E-state index contributed by atoms with van der Waals surface area (Å²) in [6, 6.07) is 5.02. The van der Waals surface area contributed by atoms with E-state index in [-0.39, 0.29) is 18.0 Å². The molecule has 4 heteroatoms. The van der Waals surface area contributed by atoms with Gasteiger partial charge in [-0.3, -0.25) is 0 Å². The Balaban J connectivity index is 2.16. The van der Waals surface area contributed by atoms with Gasteiger partial charge in [0, 0.05) is 5.54 Å². The van der Waals surface area contributed by atoms with E-state index in [9.17, 15) is 9.50 Å². The minimum Gasteiger partial charge on any atom is -0.394 e. The lowest BCUT2D eigenvalue weighted by molar-refractivity contribution is 0.177. The van der Waals surface area contributed by atoms with Crippen molar-refractivity contribution in [3.8, 4) is 0 Å². The monoisotopic (exact) mass is 287 g/mol. The Morgan fingerprint density at radius 1 is 1.50 bits per heavy atom. The lowest BCUT2D eigenvalue weighted by Gasteiger charge is -2.27. The summed E-state index contributed by atoms with van der Waals surface area (Å²) in [5.41, 5.74) is 0.828. The molecule has 1 aliphatic heterocycles. The molecule has 16 heavy (non-hydrogen) atoms. The van der Waals surface area contributed by atoms with E-state index in [2.05, 4.69) is 21.2 Å². The molecule has 2 nitrogen and oxygen atoms in total. The van der Waals surface area contributed by atoms with E-state index in [0.717, 1.165) is 31.4 Å². The van der Waals surface area contributed by atoms with E-state index < -0.39 is 0 Å². The summed E-state index contributed by atoms with van der Waals surface area (Å²) in [6.07, 6.45) is 2.80. The van der Waals surface area contributed by atoms with Crippen LogP contribution < -0.4 is 5.32 Å². The molecule has 0 spiro atoms. The zero-order valence-electron chi connectivity index (χ0n) is 8.97. The molecule has 1 unspecified atom stereocenters. The van der Waals surface area contributed by atoms with Gasteiger partial charge in [0.1, 0.15) is 5.82 Å². The molecule has 1 heterocycles. The lowest BCUT2D eigenvalue weighted by atomic mass is 9.90. The average Bonchev–Trinajstić information content (AvgIpc) is 2.73. The van der Waals surface area contributed by atoms with Crippen LogP contribution in [0.15, 0.2) is 22.7 Å². The highest BCUT2D eigenvalue weighted by Gasteiger charge is 2.32. The number of rotatable bonds is 3. The Hall–Kier alpha value is -0.450. The van der Waals surface area contributed by atoms with E-state index in [4.69, 9.17) is 0 Å². The summed E-state index contributed by atoms with van der Waals surface area (Å²) in [5, 5.41) is 12.8. The summed E-state index contributed by atoms with van der Waals surface area (Å²) >= 11 is 3.18. The number of halogens is 2. The number of hydrogen-bond acceptors (Lipinski definition) is 2. The number of benzene rings is 1. The second-order valence-corrected chi connectivity index (χ2v) is 5.25. The average molecular weight is 288 g/mol. The largest absolute Gasteiger partial charge is 0.394 e. The van der Waals surface area contributed by atoms with Crippen molar-refractivity contribution in [1.29, 1.82) is 0 Å². The van der Waals surface area contributed by atoms with Gasteiger partial charge in [-0.15, -0.1) is 0 Å². The fraction of sp³-hybridized carbons (Fsp3) is 0.500. The van der Waals surface area contributed by atoms with Crippen LogP contribution in [0.4, 0.5) is 4.39 Å². The van der Waals surface area contributed by atoms with Crippen molar-refractivity contribution in [3.05, 3.63) is 34.1 Å². The predicted molar refractivity (Wildman–Crippen MR) is 64.9 cm³/mol. The molecule has 2 rings (SSSR count). The van der Waals surface area contributed by atoms with Crippen LogP contribution in [0.25, 0.3) is 0 Å². The van der Waals surface area contributed by atoms with Gasteiger partial charge in [-0.05, 0) is 59.4 Å². The van der Waals surface area contributed by atoms with Gasteiger partial charge in [-0.25, -0.2) is 4.39 Å². The Morgan fingerprint density at radius 2 is 2.31 bits per heavy atom. The molecule has 1 saturated heterocycles. The van der Waals surface area contributed by atoms with Crippen molar-refractivity contribution in [2.24, 2.45) is 0 Å². The molecule has 1 aliphatic rings.